The number of rotatable bonds is 4. The minimum absolute atomic E-state index is 0.328. The lowest BCUT2D eigenvalue weighted by Gasteiger charge is -2.30. The first-order chi connectivity index (χ1) is 8.19. The third kappa shape index (κ3) is 3.52. The quantitative estimate of drug-likeness (QED) is 0.880. The van der Waals surface area contributed by atoms with E-state index >= 15 is 0 Å². The van der Waals surface area contributed by atoms with E-state index < -0.39 is 0 Å². The molecule has 1 heterocycles. The maximum absolute atomic E-state index is 5.67. The summed E-state index contributed by atoms with van der Waals surface area (Å²) in [5, 5.41) is 4.55. The van der Waals surface area contributed by atoms with Crippen LogP contribution < -0.4 is 5.32 Å². The fourth-order valence-electron chi connectivity index (χ4n) is 2.63. The molecule has 1 aliphatic carbocycles. The van der Waals surface area contributed by atoms with E-state index in [1.54, 1.807) is 0 Å². The fourth-order valence-corrected chi connectivity index (χ4v) is 3.46. The van der Waals surface area contributed by atoms with Gasteiger partial charge in [-0.25, -0.2) is 0 Å². The van der Waals surface area contributed by atoms with E-state index in [0.29, 0.717) is 12.1 Å². The number of nitrogens with one attached hydrogen (secondary N) is 1. The van der Waals surface area contributed by atoms with Gasteiger partial charge in [0.05, 0.1) is 6.04 Å². The summed E-state index contributed by atoms with van der Waals surface area (Å²) in [7, 11) is 0. The van der Waals surface area contributed by atoms with Crippen molar-refractivity contribution < 1.29 is 4.42 Å². The summed E-state index contributed by atoms with van der Waals surface area (Å²) in [6.45, 7) is 4.20. The van der Waals surface area contributed by atoms with Crippen LogP contribution in [0, 0.1) is 6.92 Å². The first-order valence-corrected chi connectivity index (χ1v) is 7.83. The first kappa shape index (κ1) is 13.0. The first-order valence-electron chi connectivity index (χ1n) is 6.54. The van der Waals surface area contributed by atoms with Gasteiger partial charge in [-0.05, 0) is 51.5 Å². The summed E-state index contributed by atoms with van der Waals surface area (Å²) in [4.78, 5) is 0. The zero-order valence-corrected chi connectivity index (χ0v) is 11.8. The van der Waals surface area contributed by atoms with Gasteiger partial charge in [-0.2, -0.15) is 11.8 Å². The average molecular weight is 253 g/mol. The Morgan fingerprint density at radius 2 is 2.24 bits per heavy atom. The van der Waals surface area contributed by atoms with Crippen molar-refractivity contribution in [3.8, 4) is 0 Å². The van der Waals surface area contributed by atoms with Crippen LogP contribution in [0.5, 0.6) is 0 Å². The number of hydrogen-bond donors (Lipinski definition) is 1. The molecular formula is C14H23NOS. The number of hydrogen-bond acceptors (Lipinski definition) is 3. The van der Waals surface area contributed by atoms with Gasteiger partial charge in [0, 0.05) is 11.3 Å². The van der Waals surface area contributed by atoms with E-state index in [2.05, 4.69) is 24.6 Å². The molecule has 96 valence electrons. The predicted molar refractivity (Wildman–Crippen MR) is 74.6 cm³/mol. The molecule has 2 rings (SSSR count). The normalized spacial score (nSPS) is 27.0. The zero-order valence-electron chi connectivity index (χ0n) is 11.0. The Hall–Kier alpha value is -0.410. The van der Waals surface area contributed by atoms with Gasteiger partial charge in [-0.15, -0.1) is 0 Å². The van der Waals surface area contributed by atoms with Crippen molar-refractivity contribution in [1.29, 1.82) is 0 Å². The summed E-state index contributed by atoms with van der Waals surface area (Å²) in [6, 6.07) is 5.11. The maximum Gasteiger partial charge on any atom is 0.120 e. The summed E-state index contributed by atoms with van der Waals surface area (Å²) >= 11 is 2.01. The molecular weight excluding hydrogens is 230 g/mol. The number of aryl methyl sites for hydroxylation is 1. The predicted octanol–water partition coefficient (Wildman–Crippen LogP) is 3.91. The average Bonchev–Trinajstić information content (AvgIpc) is 2.76. The highest BCUT2D eigenvalue weighted by Gasteiger charge is 2.23. The van der Waals surface area contributed by atoms with Crippen molar-refractivity contribution in [3.05, 3.63) is 23.7 Å². The minimum atomic E-state index is 0.328. The van der Waals surface area contributed by atoms with Crippen molar-refractivity contribution in [2.24, 2.45) is 0 Å². The second-order valence-electron chi connectivity index (χ2n) is 5.06. The summed E-state index contributed by atoms with van der Waals surface area (Å²) in [5.41, 5.74) is 0. The lowest BCUT2D eigenvalue weighted by atomic mass is 9.94. The van der Waals surface area contributed by atoms with Gasteiger partial charge in [0.25, 0.3) is 0 Å². The van der Waals surface area contributed by atoms with Gasteiger partial charge in [-0.1, -0.05) is 6.42 Å². The van der Waals surface area contributed by atoms with Gasteiger partial charge >= 0.3 is 0 Å². The second-order valence-corrected chi connectivity index (χ2v) is 6.20. The van der Waals surface area contributed by atoms with E-state index in [9.17, 15) is 0 Å². The molecule has 3 heteroatoms. The Kier molecular flexibility index (Phi) is 4.57. The molecule has 0 amide bonds. The number of furan rings is 1. The van der Waals surface area contributed by atoms with Gasteiger partial charge in [-0.3, -0.25) is 0 Å². The molecule has 2 nitrogen and oxygen atoms in total. The standard InChI is InChI=1S/C14H23NOS/c1-10-7-8-14(16-10)11(2)15-12-5-4-6-13(9-12)17-3/h7-8,11-13,15H,4-6,9H2,1-3H3. The lowest BCUT2D eigenvalue weighted by Crippen LogP contribution is -2.36. The molecule has 0 aromatic carbocycles. The maximum atomic E-state index is 5.67. The van der Waals surface area contributed by atoms with E-state index in [1.165, 1.54) is 25.7 Å². The van der Waals surface area contributed by atoms with Gasteiger partial charge in [0.1, 0.15) is 11.5 Å². The summed E-state index contributed by atoms with van der Waals surface area (Å²) in [6.07, 6.45) is 7.57. The highest BCUT2D eigenvalue weighted by molar-refractivity contribution is 7.99. The Bertz CT molecular complexity index is 350. The van der Waals surface area contributed by atoms with Gasteiger partial charge in [0.2, 0.25) is 0 Å². The largest absolute Gasteiger partial charge is 0.465 e. The molecule has 3 unspecified atom stereocenters. The van der Waals surface area contributed by atoms with Crippen LogP contribution in [0.15, 0.2) is 16.5 Å². The third-order valence-electron chi connectivity index (χ3n) is 3.63. The minimum Gasteiger partial charge on any atom is -0.465 e. The van der Waals surface area contributed by atoms with Gasteiger partial charge < -0.3 is 9.73 Å². The van der Waals surface area contributed by atoms with Crippen LogP contribution in [-0.2, 0) is 0 Å². The summed E-state index contributed by atoms with van der Waals surface area (Å²) in [5.74, 6) is 2.06. The summed E-state index contributed by atoms with van der Waals surface area (Å²) < 4.78 is 5.67. The van der Waals surface area contributed by atoms with E-state index in [1.807, 2.05) is 24.8 Å². The molecule has 1 fully saturated rings. The highest BCUT2D eigenvalue weighted by Crippen LogP contribution is 2.28. The van der Waals surface area contributed by atoms with Crippen LogP contribution in [0.2, 0.25) is 0 Å². The molecule has 1 saturated carbocycles. The molecule has 1 N–H and O–H groups in total. The molecule has 17 heavy (non-hydrogen) atoms. The van der Waals surface area contributed by atoms with E-state index in [0.717, 1.165) is 16.8 Å². The third-order valence-corrected chi connectivity index (χ3v) is 4.73. The Labute approximate surface area is 109 Å². The van der Waals surface area contributed by atoms with Crippen molar-refractivity contribution >= 4 is 11.8 Å². The topological polar surface area (TPSA) is 25.2 Å². The van der Waals surface area contributed by atoms with Crippen molar-refractivity contribution in [2.45, 2.75) is 56.9 Å². The van der Waals surface area contributed by atoms with E-state index in [-0.39, 0.29) is 0 Å². The highest BCUT2D eigenvalue weighted by atomic mass is 32.2. The Morgan fingerprint density at radius 1 is 1.41 bits per heavy atom. The molecule has 1 aromatic heterocycles. The molecule has 0 radical (unpaired) electrons. The number of thioether (sulfide) groups is 1. The van der Waals surface area contributed by atoms with Crippen LogP contribution in [0.1, 0.15) is 50.2 Å². The molecule has 1 aromatic rings. The van der Waals surface area contributed by atoms with Crippen molar-refractivity contribution in [2.75, 3.05) is 6.26 Å². The van der Waals surface area contributed by atoms with Crippen LogP contribution in [0.4, 0.5) is 0 Å². The molecule has 0 aliphatic heterocycles. The fraction of sp³-hybridized carbons (Fsp3) is 0.714. The van der Waals surface area contributed by atoms with Crippen molar-refractivity contribution in [1.82, 2.24) is 5.32 Å². The molecule has 0 bridgehead atoms. The van der Waals surface area contributed by atoms with E-state index in [4.69, 9.17) is 4.42 Å². The van der Waals surface area contributed by atoms with Crippen LogP contribution in [0.3, 0.4) is 0 Å². The van der Waals surface area contributed by atoms with Crippen LogP contribution in [0.25, 0.3) is 0 Å². The van der Waals surface area contributed by atoms with Gasteiger partial charge in [0.15, 0.2) is 0 Å². The Balaban J connectivity index is 1.87. The molecule has 0 saturated heterocycles. The van der Waals surface area contributed by atoms with Crippen molar-refractivity contribution in [3.63, 3.8) is 0 Å². The van der Waals surface area contributed by atoms with Crippen LogP contribution in [-0.4, -0.2) is 17.5 Å². The smallest absolute Gasteiger partial charge is 0.120 e. The molecule has 3 atom stereocenters. The molecule has 1 aliphatic rings. The molecule has 0 spiro atoms. The monoisotopic (exact) mass is 253 g/mol. The zero-order chi connectivity index (χ0) is 12.3. The van der Waals surface area contributed by atoms with Crippen LogP contribution >= 0.6 is 11.8 Å². The Morgan fingerprint density at radius 3 is 2.88 bits per heavy atom. The second kappa shape index (κ2) is 5.96. The SMILES string of the molecule is CSC1CCCC(NC(C)c2ccc(C)o2)C1. The lowest BCUT2D eigenvalue weighted by molar-refractivity contribution is 0.325.